The van der Waals surface area contributed by atoms with E-state index in [1.807, 2.05) is 46.4 Å². The lowest BCUT2D eigenvalue weighted by atomic mass is 9.89. The lowest BCUT2D eigenvalue weighted by molar-refractivity contribution is 0.0178. The van der Waals surface area contributed by atoms with Gasteiger partial charge in [0.1, 0.15) is 5.60 Å². The number of carbonyl (C=O) groups is 1. The zero-order valence-corrected chi connectivity index (χ0v) is 17.6. The van der Waals surface area contributed by atoms with Gasteiger partial charge in [-0.05, 0) is 85.5 Å². The van der Waals surface area contributed by atoms with E-state index in [-0.39, 0.29) is 10.8 Å². The van der Waals surface area contributed by atoms with Crippen molar-refractivity contribution in [2.24, 2.45) is 11.8 Å². The van der Waals surface area contributed by atoms with Crippen LogP contribution >= 0.6 is 0 Å². The fourth-order valence-electron chi connectivity index (χ4n) is 3.19. The summed E-state index contributed by atoms with van der Waals surface area (Å²) >= 11 is 0. The van der Waals surface area contributed by atoms with Crippen molar-refractivity contribution in [3.05, 3.63) is 0 Å². The second-order valence-corrected chi connectivity index (χ2v) is 11.6. The molecule has 25 heavy (non-hydrogen) atoms. The molecule has 1 aliphatic carbocycles. The Morgan fingerprint density at radius 2 is 1.68 bits per heavy atom. The van der Waals surface area contributed by atoms with Crippen LogP contribution in [0.3, 0.4) is 0 Å². The molecule has 6 heteroatoms. The molecule has 0 aromatic heterocycles. The highest BCUT2D eigenvalue weighted by Crippen LogP contribution is 2.37. The third-order valence-electron chi connectivity index (χ3n) is 4.86. The van der Waals surface area contributed by atoms with E-state index in [4.69, 9.17) is 4.74 Å². The van der Waals surface area contributed by atoms with E-state index in [0.717, 1.165) is 32.4 Å². The van der Waals surface area contributed by atoms with Gasteiger partial charge in [0, 0.05) is 19.1 Å². The standard InChI is InChI=1S/C19H36N2O3S/c1-18(2,3)24-17(22)21-11-9-14(10-12-21)13-16(15-7-8-15)20-25(23)19(4,5)6/h14-16,20H,7-13H2,1-6H3/t16-,25?/m0/s1. The molecule has 0 aromatic carbocycles. The van der Waals surface area contributed by atoms with E-state index in [2.05, 4.69) is 4.72 Å². The molecule has 2 rings (SSSR count). The number of hydrogen-bond donors (Lipinski definition) is 1. The highest BCUT2D eigenvalue weighted by molar-refractivity contribution is 7.84. The third-order valence-corrected chi connectivity index (χ3v) is 6.49. The average Bonchev–Trinajstić information content (AvgIpc) is 3.29. The third kappa shape index (κ3) is 6.89. The molecule has 5 nitrogen and oxygen atoms in total. The molecule has 2 fully saturated rings. The lowest BCUT2D eigenvalue weighted by Crippen LogP contribution is -2.45. The van der Waals surface area contributed by atoms with Crippen LogP contribution in [0.5, 0.6) is 0 Å². The summed E-state index contributed by atoms with van der Waals surface area (Å²) in [4.78, 5) is 14.0. The summed E-state index contributed by atoms with van der Waals surface area (Å²) in [5, 5.41) is 0. The van der Waals surface area contributed by atoms with E-state index >= 15 is 0 Å². The maximum absolute atomic E-state index is 12.5. The Balaban J connectivity index is 1.81. The van der Waals surface area contributed by atoms with Crippen molar-refractivity contribution in [2.75, 3.05) is 13.1 Å². The maximum Gasteiger partial charge on any atom is 0.410 e. The summed E-state index contributed by atoms with van der Waals surface area (Å²) in [5.74, 6) is 1.27. The SMILES string of the molecule is CC(C)(C)OC(=O)N1CCC(C[C@H](NS(=O)C(C)(C)C)C2CC2)CC1. The van der Waals surface area contributed by atoms with Gasteiger partial charge in [-0.2, -0.15) is 0 Å². The highest BCUT2D eigenvalue weighted by atomic mass is 32.2. The van der Waals surface area contributed by atoms with Crippen LogP contribution < -0.4 is 4.72 Å². The maximum atomic E-state index is 12.5. The fraction of sp³-hybridized carbons (Fsp3) is 0.947. The van der Waals surface area contributed by atoms with E-state index in [1.54, 1.807) is 0 Å². The molecule has 2 aliphatic rings. The zero-order valence-electron chi connectivity index (χ0n) is 16.8. The zero-order chi connectivity index (χ0) is 18.8. The Kier molecular flexibility index (Phi) is 6.58. The van der Waals surface area contributed by atoms with Crippen molar-refractivity contribution < 1.29 is 13.7 Å². The van der Waals surface area contributed by atoms with Gasteiger partial charge >= 0.3 is 6.09 Å². The van der Waals surface area contributed by atoms with Gasteiger partial charge in [0.2, 0.25) is 0 Å². The molecule has 1 saturated heterocycles. The Bertz CT molecular complexity index is 484. The lowest BCUT2D eigenvalue weighted by Gasteiger charge is -2.35. The van der Waals surface area contributed by atoms with Crippen molar-refractivity contribution >= 4 is 17.1 Å². The molecule has 0 spiro atoms. The summed E-state index contributed by atoms with van der Waals surface area (Å²) in [7, 11) is -1.01. The van der Waals surface area contributed by atoms with Crippen molar-refractivity contribution in [2.45, 2.75) is 90.0 Å². The molecule has 1 N–H and O–H groups in total. The molecule has 1 saturated carbocycles. The number of amides is 1. The summed E-state index contributed by atoms with van der Waals surface area (Å²) in [6.45, 7) is 13.3. The predicted octanol–water partition coefficient (Wildman–Crippen LogP) is 3.85. The van der Waals surface area contributed by atoms with E-state index in [9.17, 15) is 9.00 Å². The molecule has 2 atom stereocenters. The summed E-state index contributed by atoms with van der Waals surface area (Å²) in [6, 6.07) is 0.345. The van der Waals surface area contributed by atoms with E-state index in [1.165, 1.54) is 12.8 Å². The molecule has 0 radical (unpaired) electrons. The number of ether oxygens (including phenoxy) is 1. The van der Waals surface area contributed by atoms with Crippen LogP contribution in [0.1, 0.15) is 73.6 Å². The fourth-order valence-corrected chi connectivity index (χ4v) is 4.10. The summed E-state index contributed by atoms with van der Waals surface area (Å²) in [6.07, 6.45) is 5.37. The molecule has 1 unspecified atom stereocenters. The van der Waals surface area contributed by atoms with Crippen molar-refractivity contribution in [1.82, 2.24) is 9.62 Å². The van der Waals surface area contributed by atoms with Gasteiger partial charge in [-0.15, -0.1) is 0 Å². The quantitative estimate of drug-likeness (QED) is 0.797. The summed E-state index contributed by atoms with van der Waals surface area (Å²) in [5.41, 5.74) is -0.439. The highest BCUT2D eigenvalue weighted by Gasteiger charge is 2.36. The minimum absolute atomic E-state index is 0.198. The summed E-state index contributed by atoms with van der Waals surface area (Å²) < 4.78 is 21.1. The van der Waals surface area contributed by atoms with Crippen LogP contribution in [0.15, 0.2) is 0 Å². The Morgan fingerprint density at radius 3 is 2.12 bits per heavy atom. The largest absolute Gasteiger partial charge is 0.444 e. The molecule has 0 bridgehead atoms. The van der Waals surface area contributed by atoms with Gasteiger partial charge in [0.15, 0.2) is 0 Å². The van der Waals surface area contributed by atoms with Gasteiger partial charge < -0.3 is 9.64 Å². The molecule has 0 aromatic rings. The van der Waals surface area contributed by atoms with Crippen LogP contribution in [0.25, 0.3) is 0 Å². The predicted molar refractivity (Wildman–Crippen MR) is 103 cm³/mol. The average molecular weight is 373 g/mol. The van der Waals surface area contributed by atoms with E-state index < -0.39 is 16.6 Å². The number of hydrogen-bond acceptors (Lipinski definition) is 3. The van der Waals surface area contributed by atoms with E-state index in [0.29, 0.717) is 17.9 Å². The Hall–Kier alpha value is -0.620. The van der Waals surface area contributed by atoms with Gasteiger partial charge in [-0.3, -0.25) is 0 Å². The normalized spacial score (nSPS) is 22.6. The second kappa shape index (κ2) is 7.95. The molecule has 1 heterocycles. The van der Waals surface area contributed by atoms with Crippen molar-refractivity contribution in [3.63, 3.8) is 0 Å². The number of carbonyl (C=O) groups excluding carboxylic acids is 1. The first-order valence-electron chi connectivity index (χ1n) is 9.61. The molecule has 1 amide bonds. The van der Waals surface area contributed by atoms with Gasteiger partial charge in [-0.1, -0.05) is 0 Å². The first-order chi connectivity index (χ1) is 11.5. The topological polar surface area (TPSA) is 58.6 Å². The Labute approximate surface area is 155 Å². The van der Waals surface area contributed by atoms with Crippen LogP contribution in [-0.4, -0.2) is 44.7 Å². The van der Waals surface area contributed by atoms with Crippen LogP contribution in [0, 0.1) is 11.8 Å². The minimum Gasteiger partial charge on any atom is -0.444 e. The number of likely N-dealkylation sites (tertiary alicyclic amines) is 1. The number of nitrogens with one attached hydrogen (secondary N) is 1. The van der Waals surface area contributed by atoms with Crippen LogP contribution in [0.4, 0.5) is 4.79 Å². The number of nitrogens with zero attached hydrogens (tertiary/aromatic N) is 1. The van der Waals surface area contributed by atoms with Crippen molar-refractivity contribution in [1.29, 1.82) is 0 Å². The second-order valence-electron chi connectivity index (χ2n) is 9.59. The van der Waals surface area contributed by atoms with Gasteiger partial charge in [-0.25, -0.2) is 13.7 Å². The minimum atomic E-state index is -1.01. The number of rotatable bonds is 5. The number of piperidine rings is 1. The van der Waals surface area contributed by atoms with Crippen LogP contribution in [-0.2, 0) is 15.7 Å². The monoisotopic (exact) mass is 372 g/mol. The first kappa shape index (κ1) is 20.7. The molecule has 1 aliphatic heterocycles. The molecule has 146 valence electrons. The van der Waals surface area contributed by atoms with Gasteiger partial charge in [0.25, 0.3) is 0 Å². The molecular weight excluding hydrogens is 336 g/mol. The Morgan fingerprint density at radius 1 is 1.12 bits per heavy atom. The van der Waals surface area contributed by atoms with Crippen LogP contribution in [0.2, 0.25) is 0 Å². The molecular formula is C19H36N2O3S. The smallest absolute Gasteiger partial charge is 0.410 e. The van der Waals surface area contributed by atoms with Crippen molar-refractivity contribution in [3.8, 4) is 0 Å². The van der Waals surface area contributed by atoms with Gasteiger partial charge in [0.05, 0.1) is 15.7 Å². The first-order valence-corrected chi connectivity index (χ1v) is 10.8.